The molecule has 27 heavy (non-hydrogen) atoms. The van der Waals surface area contributed by atoms with E-state index in [2.05, 4.69) is 20.4 Å². The fraction of sp³-hybridized carbons (Fsp3) is 0.125. The molecule has 0 bridgehead atoms. The molecular weight excluding hydrogens is 384 g/mol. The monoisotopic (exact) mass is 394 g/mol. The highest BCUT2D eigenvalue weighted by Crippen LogP contribution is 2.36. The Hall–Kier alpha value is -2.95. The number of allylic oxidation sites excluding steroid dienone is 1. The van der Waals surface area contributed by atoms with Gasteiger partial charge in [-0.3, -0.25) is 4.68 Å². The number of nitrogens with zero attached hydrogens (tertiary/aromatic N) is 6. The third-order valence-electron chi connectivity index (χ3n) is 3.67. The van der Waals surface area contributed by atoms with Gasteiger partial charge in [0.25, 0.3) is 6.43 Å². The molecule has 0 unspecified atom stereocenters. The molecule has 1 aromatic carbocycles. The van der Waals surface area contributed by atoms with Gasteiger partial charge in [0.05, 0.1) is 5.69 Å². The molecule has 2 aromatic heterocycles. The molecule has 0 saturated heterocycles. The predicted octanol–water partition coefficient (Wildman–Crippen LogP) is 3.63. The van der Waals surface area contributed by atoms with Crippen molar-refractivity contribution < 1.29 is 17.6 Å². The highest BCUT2D eigenvalue weighted by Gasteiger charge is 2.29. The molecule has 1 aliphatic rings. The SMILES string of the molecule is Cn1ccc(/C=C2/Sc3nnc(C(F)F)n3N=C2c2ccc(F)cc2F)n1. The third kappa shape index (κ3) is 3.25. The number of fused-ring (bicyclic) bond motifs is 1. The van der Waals surface area contributed by atoms with Gasteiger partial charge in [-0.05, 0) is 36.0 Å². The van der Waals surface area contributed by atoms with Crippen LogP contribution in [0.2, 0.25) is 0 Å². The molecule has 4 rings (SSSR count). The van der Waals surface area contributed by atoms with Crippen LogP contribution < -0.4 is 0 Å². The van der Waals surface area contributed by atoms with Crippen molar-refractivity contribution in [3.8, 4) is 0 Å². The fourth-order valence-electron chi connectivity index (χ4n) is 2.48. The molecule has 0 amide bonds. The van der Waals surface area contributed by atoms with Crippen LogP contribution in [-0.2, 0) is 7.05 Å². The normalized spacial score (nSPS) is 15.3. The Kier molecular flexibility index (Phi) is 4.30. The number of aryl methyl sites for hydroxylation is 1. The number of thioether (sulfide) groups is 1. The Morgan fingerprint density at radius 1 is 1.15 bits per heavy atom. The van der Waals surface area contributed by atoms with Gasteiger partial charge in [0.1, 0.15) is 17.3 Å². The van der Waals surface area contributed by atoms with Crippen molar-refractivity contribution >= 4 is 23.5 Å². The molecule has 0 spiro atoms. The lowest BCUT2D eigenvalue weighted by atomic mass is 10.1. The van der Waals surface area contributed by atoms with Crippen LogP contribution in [-0.4, -0.2) is 30.4 Å². The summed E-state index contributed by atoms with van der Waals surface area (Å²) in [6.07, 6.45) is 0.426. The van der Waals surface area contributed by atoms with E-state index in [-0.39, 0.29) is 16.4 Å². The van der Waals surface area contributed by atoms with Crippen molar-refractivity contribution in [3.05, 3.63) is 64.1 Å². The first-order chi connectivity index (χ1) is 12.9. The quantitative estimate of drug-likeness (QED) is 0.637. The lowest BCUT2D eigenvalue weighted by molar-refractivity contribution is 0.135. The second-order valence-corrected chi connectivity index (χ2v) is 6.56. The molecule has 0 radical (unpaired) electrons. The second-order valence-electron chi connectivity index (χ2n) is 5.55. The summed E-state index contributed by atoms with van der Waals surface area (Å²) >= 11 is 0.992. The molecule has 138 valence electrons. The molecule has 3 heterocycles. The largest absolute Gasteiger partial charge is 0.299 e. The van der Waals surface area contributed by atoms with Gasteiger partial charge in [-0.15, -0.1) is 10.2 Å². The molecule has 11 heteroatoms. The molecule has 0 N–H and O–H groups in total. The summed E-state index contributed by atoms with van der Waals surface area (Å²) in [6.45, 7) is 0. The molecule has 6 nitrogen and oxygen atoms in total. The van der Waals surface area contributed by atoms with Gasteiger partial charge in [0.2, 0.25) is 11.0 Å². The molecule has 0 saturated carbocycles. The van der Waals surface area contributed by atoms with Crippen molar-refractivity contribution in [2.75, 3.05) is 0 Å². The number of halogens is 4. The Morgan fingerprint density at radius 3 is 2.63 bits per heavy atom. The first-order valence-electron chi connectivity index (χ1n) is 7.60. The second kappa shape index (κ2) is 6.65. The summed E-state index contributed by atoms with van der Waals surface area (Å²) in [5.74, 6) is -2.28. The van der Waals surface area contributed by atoms with Crippen LogP contribution in [0.4, 0.5) is 17.6 Å². The van der Waals surface area contributed by atoms with Gasteiger partial charge in [-0.25, -0.2) is 17.6 Å². The summed E-state index contributed by atoms with van der Waals surface area (Å²) in [6, 6.07) is 4.69. The number of hydrogen-bond donors (Lipinski definition) is 0. The van der Waals surface area contributed by atoms with E-state index >= 15 is 0 Å². The fourth-order valence-corrected chi connectivity index (χ4v) is 3.40. The van der Waals surface area contributed by atoms with E-state index in [4.69, 9.17) is 0 Å². The number of aromatic nitrogens is 5. The minimum absolute atomic E-state index is 0.0364. The van der Waals surface area contributed by atoms with Crippen LogP contribution >= 0.6 is 11.8 Å². The number of benzene rings is 1. The number of rotatable bonds is 3. The maximum atomic E-state index is 14.3. The Morgan fingerprint density at radius 2 is 1.96 bits per heavy atom. The van der Waals surface area contributed by atoms with E-state index in [1.807, 2.05) is 0 Å². The van der Waals surface area contributed by atoms with Gasteiger partial charge in [0.15, 0.2) is 0 Å². The van der Waals surface area contributed by atoms with Crippen LogP contribution in [0.1, 0.15) is 23.5 Å². The van der Waals surface area contributed by atoms with Crippen molar-refractivity contribution in [1.29, 1.82) is 0 Å². The minimum Gasteiger partial charge on any atom is -0.275 e. The van der Waals surface area contributed by atoms with Crippen LogP contribution in [0.25, 0.3) is 6.08 Å². The van der Waals surface area contributed by atoms with Crippen LogP contribution in [0, 0.1) is 11.6 Å². The molecule has 1 aliphatic heterocycles. The summed E-state index contributed by atoms with van der Waals surface area (Å²) in [4.78, 5) is 0.417. The van der Waals surface area contributed by atoms with Gasteiger partial charge < -0.3 is 0 Å². The molecule has 0 aliphatic carbocycles. The van der Waals surface area contributed by atoms with E-state index in [0.717, 1.165) is 22.5 Å². The van der Waals surface area contributed by atoms with E-state index in [9.17, 15) is 17.6 Å². The number of hydrogen-bond acceptors (Lipinski definition) is 5. The minimum atomic E-state index is -2.91. The topological polar surface area (TPSA) is 60.9 Å². The zero-order chi connectivity index (χ0) is 19.1. The first kappa shape index (κ1) is 17.5. The van der Waals surface area contributed by atoms with Gasteiger partial charge >= 0.3 is 0 Å². The van der Waals surface area contributed by atoms with Crippen LogP contribution in [0.3, 0.4) is 0 Å². The summed E-state index contributed by atoms with van der Waals surface area (Å²) in [5, 5.41) is 15.6. The van der Waals surface area contributed by atoms with E-state index in [1.165, 1.54) is 6.07 Å². The highest BCUT2D eigenvalue weighted by atomic mass is 32.2. The Bertz CT molecular complexity index is 1080. The Labute approximate surface area is 154 Å². The molecule has 3 aromatic rings. The molecule has 0 atom stereocenters. The van der Waals surface area contributed by atoms with Crippen LogP contribution in [0.15, 0.2) is 45.6 Å². The van der Waals surface area contributed by atoms with E-state index in [1.54, 1.807) is 30.1 Å². The molecule has 0 fully saturated rings. The Balaban J connectivity index is 1.90. The van der Waals surface area contributed by atoms with E-state index in [0.29, 0.717) is 16.7 Å². The van der Waals surface area contributed by atoms with E-state index < -0.39 is 23.9 Å². The smallest absolute Gasteiger partial charge is 0.275 e. The first-order valence-corrected chi connectivity index (χ1v) is 8.41. The zero-order valence-corrected chi connectivity index (χ0v) is 14.5. The standard InChI is InChI=1S/C16H10F4N6S/c1-25-5-4-9(23-25)7-12-13(10-3-2-8(17)6-11(10)18)24-26-15(14(19)20)21-22-16(26)27-12/h2-7,14H,1H3/b12-7+. The zero-order valence-electron chi connectivity index (χ0n) is 13.6. The van der Waals surface area contributed by atoms with Crippen molar-refractivity contribution in [3.63, 3.8) is 0 Å². The lowest BCUT2D eigenvalue weighted by Crippen LogP contribution is -2.15. The average Bonchev–Trinajstić information content (AvgIpc) is 3.20. The van der Waals surface area contributed by atoms with Gasteiger partial charge in [-0.2, -0.15) is 14.9 Å². The van der Waals surface area contributed by atoms with Crippen LogP contribution in [0.5, 0.6) is 0 Å². The maximum Gasteiger partial charge on any atom is 0.299 e. The average molecular weight is 394 g/mol. The number of alkyl halides is 2. The van der Waals surface area contributed by atoms with Crippen molar-refractivity contribution in [2.24, 2.45) is 12.1 Å². The van der Waals surface area contributed by atoms with Gasteiger partial charge in [-0.1, -0.05) is 0 Å². The summed E-state index contributed by atoms with van der Waals surface area (Å²) < 4.78 is 56.4. The summed E-state index contributed by atoms with van der Waals surface area (Å²) in [5.41, 5.74) is 0.570. The van der Waals surface area contributed by atoms with Crippen molar-refractivity contribution in [2.45, 2.75) is 11.6 Å². The molecular formula is C16H10F4N6S. The maximum absolute atomic E-state index is 14.3. The van der Waals surface area contributed by atoms with Crippen molar-refractivity contribution in [1.82, 2.24) is 24.7 Å². The predicted molar refractivity (Wildman–Crippen MR) is 90.3 cm³/mol. The third-order valence-corrected chi connectivity index (χ3v) is 4.63. The van der Waals surface area contributed by atoms with Gasteiger partial charge in [0, 0.05) is 29.8 Å². The summed E-state index contributed by atoms with van der Waals surface area (Å²) in [7, 11) is 1.73. The lowest BCUT2D eigenvalue weighted by Gasteiger charge is -2.17. The highest BCUT2D eigenvalue weighted by molar-refractivity contribution is 8.04.